The molecule has 0 aromatic heterocycles. The minimum atomic E-state index is 0.636. The Balaban J connectivity index is 2.65. The van der Waals surface area contributed by atoms with E-state index in [9.17, 15) is 0 Å². The standard InChI is InChI=1S/C12H19NS/c1-3-11(4-2)14-12-7-5-6-10(8-12)9-13/h5-8,11H,3-4,9,13H2,1-2H3. The van der Waals surface area contributed by atoms with E-state index in [2.05, 4.69) is 38.1 Å². The first-order chi connectivity index (χ1) is 6.80. The Kier molecular flexibility index (Phi) is 5.05. The van der Waals surface area contributed by atoms with Crippen LogP contribution < -0.4 is 5.73 Å². The van der Waals surface area contributed by atoms with E-state index in [0.29, 0.717) is 6.54 Å². The summed E-state index contributed by atoms with van der Waals surface area (Å²) >= 11 is 1.96. The van der Waals surface area contributed by atoms with Gasteiger partial charge in [-0.2, -0.15) is 0 Å². The molecule has 0 unspecified atom stereocenters. The second-order valence-electron chi connectivity index (χ2n) is 3.41. The Hall–Kier alpha value is -0.470. The molecule has 0 atom stereocenters. The molecule has 0 aliphatic carbocycles. The highest BCUT2D eigenvalue weighted by Crippen LogP contribution is 2.27. The number of benzene rings is 1. The maximum Gasteiger partial charge on any atom is 0.0178 e. The molecular formula is C12H19NS. The molecule has 0 bridgehead atoms. The monoisotopic (exact) mass is 209 g/mol. The van der Waals surface area contributed by atoms with Gasteiger partial charge in [0.25, 0.3) is 0 Å². The van der Waals surface area contributed by atoms with Gasteiger partial charge in [0.05, 0.1) is 0 Å². The van der Waals surface area contributed by atoms with Crippen LogP contribution in [0.25, 0.3) is 0 Å². The zero-order chi connectivity index (χ0) is 10.4. The van der Waals surface area contributed by atoms with Crippen LogP contribution in [-0.2, 0) is 6.54 Å². The molecule has 0 amide bonds. The van der Waals surface area contributed by atoms with E-state index < -0.39 is 0 Å². The lowest BCUT2D eigenvalue weighted by atomic mass is 10.2. The van der Waals surface area contributed by atoms with E-state index >= 15 is 0 Å². The van der Waals surface area contributed by atoms with Gasteiger partial charge in [-0.25, -0.2) is 0 Å². The van der Waals surface area contributed by atoms with Crippen molar-refractivity contribution in [1.82, 2.24) is 0 Å². The van der Waals surface area contributed by atoms with Crippen molar-refractivity contribution in [3.8, 4) is 0 Å². The van der Waals surface area contributed by atoms with Crippen LogP contribution in [0, 0.1) is 0 Å². The van der Waals surface area contributed by atoms with Crippen molar-refractivity contribution < 1.29 is 0 Å². The third-order valence-corrected chi connectivity index (χ3v) is 3.87. The zero-order valence-electron chi connectivity index (χ0n) is 8.99. The van der Waals surface area contributed by atoms with E-state index in [1.807, 2.05) is 11.8 Å². The largest absolute Gasteiger partial charge is 0.326 e. The van der Waals surface area contributed by atoms with Crippen molar-refractivity contribution in [3.05, 3.63) is 29.8 Å². The zero-order valence-corrected chi connectivity index (χ0v) is 9.81. The van der Waals surface area contributed by atoms with Crippen LogP contribution in [0.4, 0.5) is 0 Å². The third-order valence-electron chi connectivity index (χ3n) is 2.35. The molecule has 0 saturated heterocycles. The molecule has 0 radical (unpaired) electrons. The number of hydrogen-bond donors (Lipinski definition) is 1. The summed E-state index contributed by atoms with van der Waals surface area (Å²) < 4.78 is 0. The third kappa shape index (κ3) is 3.35. The van der Waals surface area contributed by atoms with Crippen molar-refractivity contribution in [3.63, 3.8) is 0 Å². The van der Waals surface area contributed by atoms with Crippen molar-refractivity contribution in [2.45, 2.75) is 43.4 Å². The van der Waals surface area contributed by atoms with Crippen LogP contribution in [0.5, 0.6) is 0 Å². The number of nitrogens with two attached hydrogens (primary N) is 1. The summed E-state index contributed by atoms with van der Waals surface area (Å²) in [6.45, 7) is 5.12. The molecule has 1 aromatic rings. The van der Waals surface area contributed by atoms with Gasteiger partial charge < -0.3 is 5.73 Å². The second-order valence-corrected chi connectivity index (χ2v) is 4.78. The van der Waals surface area contributed by atoms with Gasteiger partial charge in [0.2, 0.25) is 0 Å². The molecule has 2 N–H and O–H groups in total. The van der Waals surface area contributed by atoms with E-state index in [-0.39, 0.29) is 0 Å². The molecular weight excluding hydrogens is 190 g/mol. The van der Waals surface area contributed by atoms with Crippen LogP contribution in [0.2, 0.25) is 0 Å². The predicted octanol–water partition coefficient (Wildman–Crippen LogP) is 3.43. The summed E-state index contributed by atoms with van der Waals surface area (Å²) in [7, 11) is 0. The highest BCUT2D eigenvalue weighted by molar-refractivity contribution is 8.00. The van der Waals surface area contributed by atoms with E-state index in [0.717, 1.165) is 5.25 Å². The molecule has 0 aliphatic heterocycles. The lowest BCUT2D eigenvalue weighted by molar-refractivity contribution is 0.792. The first-order valence-electron chi connectivity index (χ1n) is 5.25. The minimum Gasteiger partial charge on any atom is -0.326 e. The molecule has 0 saturated carbocycles. The molecule has 1 aromatic carbocycles. The molecule has 0 aliphatic rings. The lowest BCUT2D eigenvalue weighted by Crippen LogP contribution is -1.99. The highest BCUT2D eigenvalue weighted by atomic mass is 32.2. The smallest absolute Gasteiger partial charge is 0.0178 e. The molecule has 0 spiro atoms. The first-order valence-corrected chi connectivity index (χ1v) is 6.13. The van der Waals surface area contributed by atoms with Gasteiger partial charge in [-0.3, -0.25) is 0 Å². The van der Waals surface area contributed by atoms with Crippen LogP contribution in [0.1, 0.15) is 32.3 Å². The summed E-state index contributed by atoms with van der Waals surface area (Å²) in [5.74, 6) is 0. The van der Waals surface area contributed by atoms with Crippen molar-refractivity contribution in [1.29, 1.82) is 0 Å². The molecule has 1 rings (SSSR count). The summed E-state index contributed by atoms with van der Waals surface area (Å²) in [6.07, 6.45) is 2.46. The fraction of sp³-hybridized carbons (Fsp3) is 0.500. The Morgan fingerprint density at radius 2 is 2.00 bits per heavy atom. The summed E-state index contributed by atoms with van der Waals surface area (Å²) in [6, 6.07) is 8.54. The van der Waals surface area contributed by atoms with Gasteiger partial charge in [-0.15, -0.1) is 11.8 Å². The molecule has 0 heterocycles. The van der Waals surface area contributed by atoms with E-state index in [1.165, 1.54) is 23.3 Å². The van der Waals surface area contributed by atoms with Crippen molar-refractivity contribution in [2.24, 2.45) is 5.73 Å². The fourth-order valence-electron chi connectivity index (χ4n) is 1.39. The molecule has 0 fully saturated rings. The maximum atomic E-state index is 5.61. The molecule has 2 heteroatoms. The second kappa shape index (κ2) is 6.10. The molecule has 1 nitrogen and oxygen atoms in total. The average Bonchev–Trinajstić information content (AvgIpc) is 2.26. The minimum absolute atomic E-state index is 0.636. The Bertz CT molecular complexity index is 269. The average molecular weight is 209 g/mol. The quantitative estimate of drug-likeness (QED) is 0.752. The van der Waals surface area contributed by atoms with Gasteiger partial charge in [0.1, 0.15) is 0 Å². The van der Waals surface area contributed by atoms with Gasteiger partial charge in [0, 0.05) is 16.7 Å². The van der Waals surface area contributed by atoms with E-state index in [4.69, 9.17) is 5.73 Å². The summed E-state index contributed by atoms with van der Waals surface area (Å²) in [5.41, 5.74) is 6.83. The SMILES string of the molecule is CCC(CC)Sc1cccc(CN)c1. The van der Waals surface area contributed by atoms with Crippen molar-refractivity contribution >= 4 is 11.8 Å². The van der Waals surface area contributed by atoms with Crippen LogP contribution >= 0.6 is 11.8 Å². The number of hydrogen-bond acceptors (Lipinski definition) is 2. The first kappa shape index (κ1) is 11.6. The van der Waals surface area contributed by atoms with E-state index in [1.54, 1.807) is 0 Å². The van der Waals surface area contributed by atoms with Gasteiger partial charge in [0.15, 0.2) is 0 Å². The van der Waals surface area contributed by atoms with Crippen LogP contribution in [-0.4, -0.2) is 5.25 Å². The number of rotatable bonds is 5. The van der Waals surface area contributed by atoms with Gasteiger partial charge >= 0.3 is 0 Å². The van der Waals surface area contributed by atoms with Gasteiger partial charge in [-0.05, 0) is 30.5 Å². The highest BCUT2D eigenvalue weighted by Gasteiger charge is 2.05. The topological polar surface area (TPSA) is 26.0 Å². The maximum absolute atomic E-state index is 5.61. The summed E-state index contributed by atoms with van der Waals surface area (Å²) in [5, 5.41) is 0.739. The Morgan fingerprint density at radius 3 is 2.57 bits per heavy atom. The lowest BCUT2D eigenvalue weighted by Gasteiger charge is -2.12. The van der Waals surface area contributed by atoms with Gasteiger partial charge in [-0.1, -0.05) is 26.0 Å². The summed E-state index contributed by atoms with van der Waals surface area (Å²) in [4.78, 5) is 1.35. The Morgan fingerprint density at radius 1 is 1.29 bits per heavy atom. The molecule has 78 valence electrons. The fourth-order valence-corrected chi connectivity index (χ4v) is 2.49. The van der Waals surface area contributed by atoms with Crippen molar-refractivity contribution in [2.75, 3.05) is 0 Å². The predicted molar refractivity (Wildman–Crippen MR) is 64.6 cm³/mol. The van der Waals surface area contributed by atoms with Crippen LogP contribution in [0.15, 0.2) is 29.2 Å². The molecule has 14 heavy (non-hydrogen) atoms. The Labute approximate surface area is 91.1 Å². The van der Waals surface area contributed by atoms with Crippen LogP contribution in [0.3, 0.4) is 0 Å². The number of thioether (sulfide) groups is 1. The normalized spacial score (nSPS) is 10.9.